The Morgan fingerprint density at radius 2 is 1.24 bits per heavy atom. The fourth-order valence-corrected chi connectivity index (χ4v) is 3.27. The molecule has 0 aliphatic heterocycles. The maximum atomic E-state index is 6.28. The summed E-state index contributed by atoms with van der Waals surface area (Å²) in [6, 6.07) is 5.30. The Balaban J connectivity index is 2.86. The van der Waals surface area contributed by atoms with E-state index in [1.165, 1.54) is 14.2 Å². The van der Waals surface area contributed by atoms with Crippen molar-refractivity contribution in [1.29, 1.82) is 0 Å². The molecule has 7 heteroatoms. The van der Waals surface area contributed by atoms with Gasteiger partial charge in [0.1, 0.15) is 0 Å². The molecule has 21 heavy (non-hydrogen) atoms. The lowest BCUT2D eigenvalue weighted by Crippen LogP contribution is -1.95. The summed E-state index contributed by atoms with van der Waals surface area (Å²) in [5.74, 6) is 1.00. The predicted molar refractivity (Wildman–Crippen MR) is 90.0 cm³/mol. The van der Waals surface area contributed by atoms with Crippen molar-refractivity contribution in [2.45, 2.75) is 0 Å². The molecule has 2 nitrogen and oxygen atoms in total. The highest BCUT2D eigenvalue weighted by atomic mass is 35.5. The van der Waals surface area contributed by atoms with Gasteiger partial charge in [0, 0.05) is 11.1 Å². The van der Waals surface area contributed by atoms with Crippen molar-refractivity contribution >= 4 is 58.0 Å². The van der Waals surface area contributed by atoms with Gasteiger partial charge in [-0.3, -0.25) is 0 Å². The third-order valence-electron chi connectivity index (χ3n) is 2.88. The van der Waals surface area contributed by atoms with Crippen LogP contribution in [0.15, 0.2) is 18.2 Å². The molecule has 0 saturated carbocycles. The second-order valence-electron chi connectivity index (χ2n) is 3.99. The molecule has 2 aromatic carbocycles. The first kappa shape index (κ1) is 16.9. The number of hydrogen-bond acceptors (Lipinski definition) is 2. The lowest BCUT2D eigenvalue weighted by Gasteiger charge is -2.17. The van der Waals surface area contributed by atoms with Crippen LogP contribution in [0.25, 0.3) is 11.1 Å². The van der Waals surface area contributed by atoms with Crippen molar-refractivity contribution < 1.29 is 9.47 Å². The number of benzene rings is 2. The first-order valence-electron chi connectivity index (χ1n) is 5.66. The van der Waals surface area contributed by atoms with E-state index >= 15 is 0 Å². The number of hydrogen-bond donors (Lipinski definition) is 0. The van der Waals surface area contributed by atoms with Gasteiger partial charge >= 0.3 is 0 Å². The third kappa shape index (κ3) is 2.88. The van der Waals surface area contributed by atoms with Crippen molar-refractivity contribution in [3.63, 3.8) is 0 Å². The monoisotopic (exact) mass is 384 g/mol. The highest BCUT2D eigenvalue weighted by Crippen LogP contribution is 2.51. The molecule has 0 fully saturated rings. The van der Waals surface area contributed by atoms with Crippen LogP contribution in [0, 0.1) is 0 Å². The van der Waals surface area contributed by atoms with Crippen LogP contribution in [0.3, 0.4) is 0 Å². The predicted octanol–water partition coefficient (Wildman–Crippen LogP) is 6.64. The van der Waals surface area contributed by atoms with Crippen molar-refractivity contribution in [2.24, 2.45) is 0 Å². The van der Waals surface area contributed by atoms with Crippen LogP contribution >= 0.6 is 58.0 Å². The topological polar surface area (TPSA) is 18.5 Å². The van der Waals surface area contributed by atoms with Gasteiger partial charge in [0.2, 0.25) is 0 Å². The van der Waals surface area contributed by atoms with Gasteiger partial charge in [0.25, 0.3) is 0 Å². The Hall–Kier alpha value is -0.510. The zero-order valence-corrected chi connectivity index (χ0v) is 14.7. The highest BCUT2D eigenvalue weighted by molar-refractivity contribution is 6.56. The first-order chi connectivity index (χ1) is 9.93. The SMILES string of the molecule is COc1cccc(-c2c(Cl)c(Cl)c(Cl)c(Cl)c2Cl)c1OC. The smallest absolute Gasteiger partial charge is 0.168 e. The molecule has 0 N–H and O–H groups in total. The summed E-state index contributed by atoms with van der Waals surface area (Å²) < 4.78 is 10.6. The second kappa shape index (κ2) is 6.72. The van der Waals surface area contributed by atoms with E-state index in [0.717, 1.165) is 0 Å². The Morgan fingerprint density at radius 3 is 1.71 bits per heavy atom. The minimum absolute atomic E-state index is 0.110. The maximum absolute atomic E-state index is 6.28. The number of rotatable bonds is 3. The molecule has 0 saturated heterocycles. The largest absolute Gasteiger partial charge is 0.493 e. The van der Waals surface area contributed by atoms with E-state index in [1.807, 2.05) is 0 Å². The number of ether oxygens (including phenoxy) is 2. The molecule has 0 bridgehead atoms. The summed E-state index contributed by atoms with van der Waals surface area (Å²) in [6.45, 7) is 0. The zero-order valence-electron chi connectivity index (χ0n) is 10.9. The highest BCUT2D eigenvalue weighted by Gasteiger charge is 2.23. The van der Waals surface area contributed by atoms with Gasteiger partial charge in [0.05, 0.1) is 39.3 Å². The molecule has 0 spiro atoms. The third-order valence-corrected chi connectivity index (χ3v) is 5.16. The van der Waals surface area contributed by atoms with Crippen molar-refractivity contribution in [3.8, 4) is 22.6 Å². The summed E-state index contributed by atoms with van der Waals surface area (Å²) in [5, 5.41) is 0.768. The molecule has 2 rings (SSSR count). The van der Waals surface area contributed by atoms with E-state index in [2.05, 4.69) is 0 Å². The summed E-state index contributed by atoms with van der Waals surface area (Å²) in [4.78, 5) is 0. The molecule has 0 aliphatic carbocycles. The average Bonchev–Trinajstić information content (AvgIpc) is 2.50. The van der Waals surface area contributed by atoms with Gasteiger partial charge in [-0.05, 0) is 6.07 Å². The first-order valence-corrected chi connectivity index (χ1v) is 7.55. The molecule has 0 aliphatic rings. The van der Waals surface area contributed by atoms with E-state index in [1.54, 1.807) is 18.2 Å². The molecule has 0 aromatic heterocycles. The zero-order chi connectivity index (χ0) is 15.7. The van der Waals surface area contributed by atoms with E-state index in [9.17, 15) is 0 Å². The second-order valence-corrected chi connectivity index (χ2v) is 5.88. The van der Waals surface area contributed by atoms with E-state index in [0.29, 0.717) is 22.6 Å². The van der Waals surface area contributed by atoms with Crippen LogP contribution in [0.2, 0.25) is 25.1 Å². The Bertz CT molecular complexity index is 671. The summed E-state index contributed by atoms with van der Waals surface area (Å²) in [6.07, 6.45) is 0. The summed E-state index contributed by atoms with van der Waals surface area (Å²) in [5.41, 5.74) is 1.04. The minimum atomic E-state index is 0.110. The normalized spacial score (nSPS) is 10.6. The molecule has 0 heterocycles. The molecule has 112 valence electrons. The molecule has 0 unspecified atom stereocenters. The van der Waals surface area contributed by atoms with Gasteiger partial charge in [-0.25, -0.2) is 0 Å². The number of para-hydroxylation sites is 1. The number of halogens is 5. The van der Waals surface area contributed by atoms with Gasteiger partial charge < -0.3 is 9.47 Å². The van der Waals surface area contributed by atoms with Gasteiger partial charge in [0.15, 0.2) is 11.5 Å². The molecule has 0 radical (unpaired) electrons. The molecule has 0 amide bonds. The molecular formula is C14H9Cl5O2. The quantitative estimate of drug-likeness (QED) is 0.435. The van der Waals surface area contributed by atoms with Gasteiger partial charge in [-0.2, -0.15) is 0 Å². The van der Waals surface area contributed by atoms with E-state index < -0.39 is 0 Å². The van der Waals surface area contributed by atoms with Crippen LogP contribution in [0.1, 0.15) is 0 Å². The summed E-state index contributed by atoms with van der Waals surface area (Å²) in [7, 11) is 3.05. The van der Waals surface area contributed by atoms with Crippen molar-refractivity contribution in [3.05, 3.63) is 43.3 Å². The van der Waals surface area contributed by atoms with E-state index in [4.69, 9.17) is 67.5 Å². The van der Waals surface area contributed by atoms with Gasteiger partial charge in [-0.1, -0.05) is 70.1 Å². The lowest BCUT2D eigenvalue weighted by molar-refractivity contribution is 0.356. The fourth-order valence-electron chi connectivity index (χ4n) is 1.93. The minimum Gasteiger partial charge on any atom is -0.493 e. The van der Waals surface area contributed by atoms with Crippen LogP contribution < -0.4 is 9.47 Å². The standard InChI is InChI=1S/C14H9Cl5O2/c1-20-7-5-3-4-6(14(7)21-2)8-9(15)11(17)13(19)12(18)10(8)16/h3-5H,1-2H3. The number of methoxy groups -OCH3 is 2. The van der Waals surface area contributed by atoms with Crippen LogP contribution in [-0.4, -0.2) is 14.2 Å². The molecule has 2 aromatic rings. The van der Waals surface area contributed by atoms with Crippen molar-refractivity contribution in [1.82, 2.24) is 0 Å². The van der Waals surface area contributed by atoms with Crippen molar-refractivity contribution in [2.75, 3.05) is 14.2 Å². The lowest BCUT2D eigenvalue weighted by atomic mass is 10.0. The Kier molecular flexibility index (Phi) is 5.39. The Labute approximate surface area is 147 Å². The van der Waals surface area contributed by atoms with Gasteiger partial charge in [-0.15, -0.1) is 0 Å². The van der Waals surface area contributed by atoms with Crippen LogP contribution in [-0.2, 0) is 0 Å². The Morgan fingerprint density at radius 1 is 0.714 bits per heavy atom. The summed E-state index contributed by atoms with van der Waals surface area (Å²) >= 11 is 30.7. The fraction of sp³-hybridized carbons (Fsp3) is 0.143. The molecule has 0 atom stereocenters. The maximum Gasteiger partial charge on any atom is 0.168 e. The van der Waals surface area contributed by atoms with E-state index in [-0.39, 0.29) is 25.1 Å². The van der Waals surface area contributed by atoms with Crippen LogP contribution in [0.5, 0.6) is 11.5 Å². The van der Waals surface area contributed by atoms with Crippen LogP contribution in [0.4, 0.5) is 0 Å². The average molecular weight is 386 g/mol. The molecular weight excluding hydrogens is 377 g/mol.